The van der Waals surface area contributed by atoms with E-state index in [0.29, 0.717) is 5.75 Å². The number of phenols is 1. The number of thioether (sulfide) groups is 1. The fraction of sp³-hybridized carbons (Fsp3) is 0.455. The lowest BCUT2D eigenvalue weighted by molar-refractivity contribution is 0.461. The molecule has 0 aromatic heterocycles. The molecule has 0 radical (unpaired) electrons. The van der Waals surface area contributed by atoms with Gasteiger partial charge in [-0.05, 0) is 55.4 Å². The van der Waals surface area contributed by atoms with Crippen LogP contribution < -0.4 is 5.32 Å². The second-order valence-corrected chi connectivity index (χ2v) is 4.39. The topological polar surface area (TPSA) is 32.3 Å². The monoisotopic (exact) mass is 209 g/mol. The molecule has 0 saturated carbocycles. The van der Waals surface area contributed by atoms with Crippen molar-refractivity contribution in [1.29, 1.82) is 0 Å². The molecule has 0 fully saturated rings. The number of nitrogens with one attached hydrogen (secondary N) is 1. The fourth-order valence-electron chi connectivity index (χ4n) is 1.85. The van der Waals surface area contributed by atoms with Crippen molar-refractivity contribution in [3.05, 3.63) is 23.3 Å². The van der Waals surface area contributed by atoms with E-state index in [-0.39, 0.29) is 0 Å². The number of phenolic OH excluding ortho intramolecular Hbond substituents is 1. The van der Waals surface area contributed by atoms with Crippen LogP contribution in [0.2, 0.25) is 0 Å². The van der Waals surface area contributed by atoms with E-state index in [2.05, 4.69) is 11.4 Å². The molecule has 14 heavy (non-hydrogen) atoms. The molecule has 0 unspecified atom stereocenters. The number of benzene rings is 1. The third kappa shape index (κ3) is 1.88. The average Bonchev–Trinajstić information content (AvgIpc) is 2.41. The van der Waals surface area contributed by atoms with E-state index in [0.717, 1.165) is 30.8 Å². The van der Waals surface area contributed by atoms with Gasteiger partial charge in [0.2, 0.25) is 0 Å². The Morgan fingerprint density at radius 3 is 2.50 bits per heavy atom. The zero-order valence-corrected chi connectivity index (χ0v) is 9.16. The van der Waals surface area contributed by atoms with Crippen molar-refractivity contribution in [2.45, 2.75) is 17.7 Å². The third-order valence-electron chi connectivity index (χ3n) is 2.64. The summed E-state index contributed by atoms with van der Waals surface area (Å²) >= 11 is 1.60. The van der Waals surface area contributed by atoms with Crippen LogP contribution in [0.5, 0.6) is 5.75 Å². The molecule has 1 aromatic carbocycles. The zero-order chi connectivity index (χ0) is 9.97. The molecule has 0 aliphatic carbocycles. The summed E-state index contributed by atoms with van der Waals surface area (Å²) in [7, 11) is 0. The number of hydrogen-bond donors (Lipinski definition) is 2. The second-order valence-electron chi connectivity index (χ2n) is 3.54. The standard InChI is InChI=1S/C11H15NOS/c1-14-11-7-9-3-5-12-4-2-8(9)6-10(11)13/h6-7,12-13H,2-5H2,1H3. The van der Waals surface area contributed by atoms with Crippen LogP contribution >= 0.6 is 11.8 Å². The van der Waals surface area contributed by atoms with Gasteiger partial charge < -0.3 is 10.4 Å². The van der Waals surface area contributed by atoms with Crippen LogP contribution in [0.1, 0.15) is 11.1 Å². The number of hydrogen-bond acceptors (Lipinski definition) is 3. The van der Waals surface area contributed by atoms with E-state index in [1.807, 2.05) is 12.3 Å². The fourth-order valence-corrected chi connectivity index (χ4v) is 2.38. The molecule has 2 rings (SSSR count). The van der Waals surface area contributed by atoms with E-state index in [9.17, 15) is 5.11 Å². The Hall–Kier alpha value is -0.670. The highest BCUT2D eigenvalue weighted by atomic mass is 32.2. The maximum atomic E-state index is 9.72. The van der Waals surface area contributed by atoms with E-state index < -0.39 is 0 Å². The minimum absolute atomic E-state index is 0.429. The molecule has 0 bridgehead atoms. The van der Waals surface area contributed by atoms with Crippen LogP contribution in [0.15, 0.2) is 17.0 Å². The van der Waals surface area contributed by atoms with Gasteiger partial charge in [-0.3, -0.25) is 0 Å². The van der Waals surface area contributed by atoms with Gasteiger partial charge in [0, 0.05) is 4.90 Å². The lowest BCUT2D eigenvalue weighted by Crippen LogP contribution is -2.16. The normalized spacial score (nSPS) is 16.1. The Bertz CT molecular complexity index is 338. The van der Waals surface area contributed by atoms with Crippen molar-refractivity contribution in [2.24, 2.45) is 0 Å². The number of fused-ring (bicyclic) bond motifs is 1. The molecular weight excluding hydrogens is 194 g/mol. The van der Waals surface area contributed by atoms with Gasteiger partial charge in [-0.2, -0.15) is 0 Å². The minimum Gasteiger partial charge on any atom is -0.507 e. The highest BCUT2D eigenvalue weighted by Crippen LogP contribution is 2.30. The molecule has 0 atom stereocenters. The predicted octanol–water partition coefficient (Wildman–Crippen LogP) is 1.80. The molecule has 1 heterocycles. The highest BCUT2D eigenvalue weighted by molar-refractivity contribution is 7.98. The Kier molecular flexibility index (Phi) is 2.99. The molecule has 3 heteroatoms. The van der Waals surface area contributed by atoms with Gasteiger partial charge in [-0.15, -0.1) is 11.8 Å². The first-order chi connectivity index (χ1) is 6.81. The summed E-state index contributed by atoms with van der Waals surface area (Å²) in [4.78, 5) is 0.991. The molecule has 0 spiro atoms. The molecule has 1 aromatic rings. The summed E-state index contributed by atoms with van der Waals surface area (Å²) in [5.41, 5.74) is 2.68. The van der Waals surface area contributed by atoms with Crippen LogP contribution in [0.4, 0.5) is 0 Å². The van der Waals surface area contributed by atoms with Crippen LogP contribution in [0.3, 0.4) is 0 Å². The van der Waals surface area contributed by atoms with E-state index in [4.69, 9.17) is 0 Å². The molecule has 76 valence electrons. The lowest BCUT2D eigenvalue weighted by atomic mass is 10.0. The molecular formula is C11H15NOS. The van der Waals surface area contributed by atoms with Crippen molar-refractivity contribution in [3.8, 4) is 5.75 Å². The largest absolute Gasteiger partial charge is 0.507 e. The van der Waals surface area contributed by atoms with Crippen LogP contribution in [0, 0.1) is 0 Å². The Morgan fingerprint density at radius 1 is 1.21 bits per heavy atom. The smallest absolute Gasteiger partial charge is 0.129 e. The summed E-state index contributed by atoms with van der Waals surface area (Å²) in [5, 5.41) is 13.1. The molecule has 1 aliphatic rings. The highest BCUT2D eigenvalue weighted by Gasteiger charge is 2.10. The van der Waals surface area contributed by atoms with Gasteiger partial charge >= 0.3 is 0 Å². The molecule has 2 nitrogen and oxygen atoms in total. The van der Waals surface area contributed by atoms with Gasteiger partial charge in [0.05, 0.1) is 0 Å². The third-order valence-corrected chi connectivity index (χ3v) is 3.41. The van der Waals surface area contributed by atoms with Gasteiger partial charge in [0.15, 0.2) is 0 Å². The first-order valence-corrected chi connectivity index (χ1v) is 6.13. The first kappa shape index (κ1) is 9.87. The molecule has 1 aliphatic heterocycles. The quantitative estimate of drug-likeness (QED) is 0.692. The second kappa shape index (κ2) is 4.24. The summed E-state index contributed by atoms with van der Waals surface area (Å²) < 4.78 is 0. The summed E-state index contributed by atoms with van der Waals surface area (Å²) in [6, 6.07) is 4.05. The maximum Gasteiger partial charge on any atom is 0.129 e. The number of aromatic hydroxyl groups is 1. The van der Waals surface area contributed by atoms with Gasteiger partial charge in [-0.1, -0.05) is 0 Å². The molecule has 0 saturated heterocycles. The number of rotatable bonds is 1. The summed E-state index contributed by atoms with van der Waals surface area (Å²) in [6.45, 7) is 2.07. The van der Waals surface area contributed by atoms with Crippen molar-refractivity contribution < 1.29 is 5.11 Å². The average molecular weight is 209 g/mol. The Morgan fingerprint density at radius 2 is 1.86 bits per heavy atom. The molecule has 2 N–H and O–H groups in total. The summed E-state index contributed by atoms with van der Waals surface area (Å²) in [6.07, 6.45) is 4.09. The Balaban J connectivity index is 2.41. The van der Waals surface area contributed by atoms with E-state index in [1.54, 1.807) is 11.8 Å². The first-order valence-electron chi connectivity index (χ1n) is 4.90. The van der Waals surface area contributed by atoms with Crippen molar-refractivity contribution >= 4 is 11.8 Å². The van der Waals surface area contributed by atoms with Crippen LogP contribution in [-0.4, -0.2) is 24.5 Å². The van der Waals surface area contributed by atoms with Crippen molar-refractivity contribution in [3.63, 3.8) is 0 Å². The van der Waals surface area contributed by atoms with Gasteiger partial charge in [0.25, 0.3) is 0 Å². The van der Waals surface area contributed by atoms with Crippen LogP contribution in [0.25, 0.3) is 0 Å². The van der Waals surface area contributed by atoms with Gasteiger partial charge in [-0.25, -0.2) is 0 Å². The molecule has 0 amide bonds. The van der Waals surface area contributed by atoms with Crippen LogP contribution in [-0.2, 0) is 12.8 Å². The minimum atomic E-state index is 0.429. The maximum absolute atomic E-state index is 9.72. The predicted molar refractivity (Wildman–Crippen MR) is 60.2 cm³/mol. The zero-order valence-electron chi connectivity index (χ0n) is 8.34. The van der Waals surface area contributed by atoms with Gasteiger partial charge in [0.1, 0.15) is 5.75 Å². The lowest BCUT2D eigenvalue weighted by Gasteiger charge is -2.09. The Labute approximate surface area is 88.7 Å². The summed E-state index contributed by atoms with van der Waals surface area (Å²) in [5.74, 6) is 0.429. The van der Waals surface area contributed by atoms with Crippen molar-refractivity contribution in [2.75, 3.05) is 19.3 Å². The SMILES string of the molecule is CSc1cc2c(cc1O)CCNCC2. The van der Waals surface area contributed by atoms with Crippen molar-refractivity contribution in [1.82, 2.24) is 5.32 Å². The van der Waals surface area contributed by atoms with E-state index in [1.165, 1.54) is 11.1 Å². The van der Waals surface area contributed by atoms with E-state index >= 15 is 0 Å².